The molecule has 0 aliphatic rings. The predicted octanol–water partition coefficient (Wildman–Crippen LogP) is 4.99. The van der Waals surface area contributed by atoms with E-state index in [9.17, 15) is 8.78 Å². The highest BCUT2D eigenvalue weighted by atomic mass is 79.9. The first kappa shape index (κ1) is 13.3. The van der Waals surface area contributed by atoms with Crippen LogP contribution in [-0.2, 0) is 6.54 Å². The van der Waals surface area contributed by atoms with Gasteiger partial charge in [0.15, 0.2) is 0 Å². The second-order valence-corrected chi connectivity index (χ2v) is 4.97. The van der Waals surface area contributed by atoms with E-state index in [-0.39, 0.29) is 11.6 Å². The summed E-state index contributed by atoms with van der Waals surface area (Å²) in [5, 5.41) is 3.39. The lowest BCUT2D eigenvalue weighted by Crippen LogP contribution is -2.01. The largest absolute Gasteiger partial charge is 0.380 e. The molecular weight excluding hydrogens is 324 g/mol. The van der Waals surface area contributed by atoms with E-state index in [0.717, 1.165) is 10.0 Å². The maximum absolute atomic E-state index is 13.1. The van der Waals surface area contributed by atoms with E-state index < -0.39 is 0 Å². The summed E-state index contributed by atoms with van der Waals surface area (Å²) in [6.45, 7) is 0.349. The normalized spacial score (nSPS) is 10.4. The van der Waals surface area contributed by atoms with Crippen molar-refractivity contribution in [2.24, 2.45) is 0 Å². The molecule has 2 aromatic rings. The van der Waals surface area contributed by atoms with Crippen LogP contribution in [0.1, 0.15) is 5.56 Å². The van der Waals surface area contributed by atoms with Crippen molar-refractivity contribution in [3.63, 3.8) is 0 Å². The summed E-state index contributed by atoms with van der Waals surface area (Å²) in [5.41, 5.74) is 1.21. The van der Waals surface area contributed by atoms with Crippen LogP contribution in [0.4, 0.5) is 14.5 Å². The molecule has 0 atom stereocenters. The van der Waals surface area contributed by atoms with Crippen LogP contribution in [0.5, 0.6) is 0 Å². The molecule has 1 N–H and O–H groups in total. The van der Waals surface area contributed by atoms with Crippen LogP contribution in [0.2, 0.25) is 5.02 Å². The molecule has 5 heteroatoms. The Morgan fingerprint density at radius 2 is 1.72 bits per heavy atom. The summed E-state index contributed by atoms with van der Waals surface area (Å²) in [6, 6.07) is 8.45. The Bertz CT molecular complexity index is 523. The number of hydrogen-bond donors (Lipinski definition) is 1. The molecule has 2 aromatic carbocycles. The standard InChI is InChI=1S/C13H9BrClF2N/c14-11-3-1-9(16)5-8(11)7-18-13-6-10(17)2-4-12(13)15/h1-6,18H,7H2. The van der Waals surface area contributed by atoms with Crippen LogP contribution in [0.3, 0.4) is 0 Å². The van der Waals surface area contributed by atoms with Gasteiger partial charge in [0.2, 0.25) is 0 Å². The zero-order valence-electron chi connectivity index (χ0n) is 9.18. The zero-order chi connectivity index (χ0) is 13.1. The lowest BCUT2D eigenvalue weighted by Gasteiger charge is -2.10. The Morgan fingerprint density at radius 1 is 1.06 bits per heavy atom. The summed E-state index contributed by atoms with van der Waals surface area (Å²) >= 11 is 9.24. The van der Waals surface area contributed by atoms with Crippen molar-refractivity contribution in [2.45, 2.75) is 6.54 Å². The molecule has 0 aliphatic carbocycles. The lowest BCUT2D eigenvalue weighted by atomic mass is 10.2. The van der Waals surface area contributed by atoms with Crippen LogP contribution in [0.25, 0.3) is 0 Å². The third-order valence-corrected chi connectivity index (χ3v) is 3.51. The van der Waals surface area contributed by atoms with Crippen LogP contribution in [0, 0.1) is 11.6 Å². The smallest absolute Gasteiger partial charge is 0.125 e. The van der Waals surface area contributed by atoms with Crippen molar-refractivity contribution in [3.8, 4) is 0 Å². The minimum Gasteiger partial charge on any atom is -0.380 e. The molecule has 2 rings (SSSR count). The molecule has 94 valence electrons. The molecule has 0 saturated carbocycles. The topological polar surface area (TPSA) is 12.0 Å². The van der Waals surface area contributed by atoms with Gasteiger partial charge in [0.05, 0.1) is 10.7 Å². The maximum atomic E-state index is 13.1. The van der Waals surface area contributed by atoms with Gasteiger partial charge in [-0.1, -0.05) is 27.5 Å². The van der Waals surface area contributed by atoms with E-state index in [2.05, 4.69) is 21.2 Å². The summed E-state index contributed by atoms with van der Waals surface area (Å²) < 4.78 is 26.9. The van der Waals surface area contributed by atoms with E-state index in [0.29, 0.717) is 17.3 Å². The van der Waals surface area contributed by atoms with Crippen LogP contribution in [0.15, 0.2) is 40.9 Å². The number of rotatable bonds is 3. The van der Waals surface area contributed by atoms with E-state index in [1.807, 2.05) is 0 Å². The molecule has 0 saturated heterocycles. The van der Waals surface area contributed by atoms with Gasteiger partial charge < -0.3 is 5.32 Å². The van der Waals surface area contributed by atoms with Crippen molar-refractivity contribution in [1.29, 1.82) is 0 Å². The molecule has 18 heavy (non-hydrogen) atoms. The Balaban J connectivity index is 2.16. The average molecular weight is 333 g/mol. The maximum Gasteiger partial charge on any atom is 0.125 e. The molecule has 0 heterocycles. The molecule has 0 radical (unpaired) electrons. The highest BCUT2D eigenvalue weighted by Gasteiger charge is 2.05. The van der Waals surface area contributed by atoms with Crippen LogP contribution >= 0.6 is 27.5 Å². The Kier molecular flexibility index (Phi) is 4.19. The summed E-state index contributed by atoms with van der Waals surface area (Å²) in [4.78, 5) is 0. The molecule has 0 aliphatic heterocycles. The second-order valence-electron chi connectivity index (χ2n) is 3.71. The number of nitrogens with one attached hydrogen (secondary N) is 1. The molecule has 1 nitrogen and oxygen atoms in total. The van der Waals surface area contributed by atoms with Crippen molar-refractivity contribution >= 4 is 33.2 Å². The van der Waals surface area contributed by atoms with Gasteiger partial charge in [0.1, 0.15) is 11.6 Å². The van der Waals surface area contributed by atoms with Crippen molar-refractivity contribution in [1.82, 2.24) is 0 Å². The van der Waals surface area contributed by atoms with Crippen molar-refractivity contribution < 1.29 is 8.78 Å². The predicted molar refractivity (Wildman–Crippen MR) is 72.8 cm³/mol. The van der Waals surface area contributed by atoms with Gasteiger partial charge in [0.25, 0.3) is 0 Å². The highest BCUT2D eigenvalue weighted by molar-refractivity contribution is 9.10. The van der Waals surface area contributed by atoms with Crippen LogP contribution < -0.4 is 5.32 Å². The lowest BCUT2D eigenvalue weighted by molar-refractivity contribution is 0.625. The molecule has 0 spiro atoms. The molecule has 0 unspecified atom stereocenters. The SMILES string of the molecule is Fc1ccc(Br)c(CNc2cc(F)ccc2Cl)c1. The van der Waals surface area contributed by atoms with Gasteiger partial charge in [-0.3, -0.25) is 0 Å². The van der Waals surface area contributed by atoms with E-state index >= 15 is 0 Å². The summed E-state index contributed by atoms with van der Waals surface area (Å²) in [6.07, 6.45) is 0. The Hall–Kier alpha value is -1.13. The minimum atomic E-state index is -0.375. The molecule has 0 fully saturated rings. The summed E-state index contributed by atoms with van der Waals surface area (Å²) in [5.74, 6) is -0.694. The third kappa shape index (κ3) is 3.21. The van der Waals surface area contributed by atoms with Crippen LogP contribution in [-0.4, -0.2) is 0 Å². The summed E-state index contributed by atoms with van der Waals surface area (Å²) in [7, 11) is 0. The third-order valence-electron chi connectivity index (χ3n) is 2.41. The Morgan fingerprint density at radius 3 is 2.50 bits per heavy atom. The number of hydrogen-bond acceptors (Lipinski definition) is 1. The average Bonchev–Trinajstić information content (AvgIpc) is 2.34. The van der Waals surface area contributed by atoms with Gasteiger partial charge >= 0.3 is 0 Å². The van der Waals surface area contributed by atoms with E-state index in [1.54, 1.807) is 6.07 Å². The number of benzene rings is 2. The first-order valence-corrected chi connectivity index (χ1v) is 6.36. The molecular formula is C13H9BrClF2N. The van der Waals surface area contributed by atoms with Gasteiger partial charge in [0, 0.05) is 11.0 Å². The van der Waals surface area contributed by atoms with Gasteiger partial charge in [-0.15, -0.1) is 0 Å². The van der Waals surface area contributed by atoms with Gasteiger partial charge in [-0.25, -0.2) is 8.78 Å². The quantitative estimate of drug-likeness (QED) is 0.834. The van der Waals surface area contributed by atoms with Gasteiger partial charge in [-0.2, -0.15) is 0 Å². The highest BCUT2D eigenvalue weighted by Crippen LogP contribution is 2.24. The fourth-order valence-electron chi connectivity index (χ4n) is 1.50. The first-order chi connectivity index (χ1) is 8.56. The zero-order valence-corrected chi connectivity index (χ0v) is 11.5. The Labute approximate surface area is 117 Å². The molecule has 0 bridgehead atoms. The molecule has 0 aromatic heterocycles. The number of anilines is 1. The van der Waals surface area contributed by atoms with Crippen molar-refractivity contribution in [3.05, 3.63) is 63.1 Å². The number of halogens is 4. The minimum absolute atomic E-state index is 0.319. The molecule has 0 amide bonds. The van der Waals surface area contributed by atoms with E-state index in [1.165, 1.54) is 30.3 Å². The monoisotopic (exact) mass is 331 g/mol. The van der Waals surface area contributed by atoms with Crippen molar-refractivity contribution in [2.75, 3.05) is 5.32 Å². The second kappa shape index (κ2) is 5.67. The fraction of sp³-hybridized carbons (Fsp3) is 0.0769. The van der Waals surface area contributed by atoms with E-state index in [4.69, 9.17) is 11.6 Å². The fourth-order valence-corrected chi connectivity index (χ4v) is 2.07. The van der Waals surface area contributed by atoms with Gasteiger partial charge in [-0.05, 0) is 42.0 Å². The first-order valence-electron chi connectivity index (χ1n) is 5.19.